The van der Waals surface area contributed by atoms with E-state index in [9.17, 15) is 9.90 Å². The van der Waals surface area contributed by atoms with Gasteiger partial charge in [-0.3, -0.25) is 9.36 Å². The van der Waals surface area contributed by atoms with E-state index in [4.69, 9.17) is 4.74 Å². The van der Waals surface area contributed by atoms with Crippen LogP contribution in [0.5, 0.6) is 0 Å². The highest BCUT2D eigenvalue weighted by Gasteiger charge is 2.52. The minimum absolute atomic E-state index is 0.131. The van der Waals surface area contributed by atoms with Gasteiger partial charge in [-0.1, -0.05) is 30.3 Å². The van der Waals surface area contributed by atoms with Crippen molar-refractivity contribution in [1.82, 2.24) is 14.9 Å². The van der Waals surface area contributed by atoms with Crippen molar-refractivity contribution in [1.29, 1.82) is 0 Å². The van der Waals surface area contributed by atoms with E-state index in [2.05, 4.69) is 10.3 Å². The van der Waals surface area contributed by atoms with E-state index in [0.717, 1.165) is 31.5 Å². The number of hydrogen-bond donors (Lipinski definition) is 2. The van der Waals surface area contributed by atoms with Crippen LogP contribution in [0.15, 0.2) is 47.5 Å². The van der Waals surface area contributed by atoms with Gasteiger partial charge in [-0.15, -0.1) is 0 Å². The molecule has 6 nitrogen and oxygen atoms in total. The van der Waals surface area contributed by atoms with Crippen molar-refractivity contribution < 1.29 is 9.84 Å². The van der Waals surface area contributed by atoms with Crippen LogP contribution in [0.25, 0.3) is 11.3 Å². The molecule has 2 saturated heterocycles. The SMILES string of the molecule is O=c1cc(-c2ccccc2)ncn1CC1(O)CCNCC12CCOCC2. The monoisotopic (exact) mass is 355 g/mol. The van der Waals surface area contributed by atoms with Crippen molar-refractivity contribution >= 4 is 0 Å². The number of nitrogens with zero attached hydrogens (tertiary/aromatic N) is 2. The lowest BCUT2D eigenvalue weighted by atomic mass is 9.63. The van der Waals surface area contributed by atoms with Gasteiger partial charge < -0.3 is 15.2 Å². The molecule has 2 aromatic rings. The van der Waals surface area contributed by atoms with E-state index in [1.54, 1.807) is 17.0 Å². The predicted octanol–water partition coefficient (Wildman–Crippen LogP) is 1.43. The fourth-order valence-corrected chi connectivity index (χ4v) is 4.30. The van der Waals surface area contributed by atoms with Gasteiger partial charge >= 0.3 is 0 Å². The van der Waals surface area contributed by atoms with Gasteiger partial charge in [0.05, 0.1) is 24.2 Å². The van der Waals surface area contributed by atoms with Crippen LogP contribution in [0.2, 0.25) is 0 Å². The molecule has 138 valence electrons. The maximum atomic E-state index is 12.7. The van der Waals surface area contributed by atoms with Gasteiger partial charge in [0.15, 0.2) is 0 Å². The highest BCUT2D eigenvalue weighted by Crippen LogP contribution is 2.45. The highest BCUT2D eigenvalue weighted by molar-refractivity contribution is 5.57. The molecule has 2 aliphatic heterocycles. The van der Waals surface area contributed by atoms with Gasteiger partial charge in [-0.05, 0) is 25.8 Å². The summed E-state index contributed by atoms with van der Waals surface area (Å²) in [6, 6.07) is 11.2. The Hall–Kier alpha value is -2.02. The van der Waals surface area contributed by atoms with Gasteiger partial charge in [-0.25, -0.2) is 4.98 Å². The molecule has 0 saturated carbocycles. The Morgan fingerprint density at radius 1 is 1.19 bits per heavy atom. The minimum atomic E-state index is -0.929. The smallest absolute Gasteiger partial charge is 0.253 e. The summed E-state index contributed by atoms with van der Waals surface area (Å²) < 4.78 is 7.06. The Balaban J connectivity index is 1.62. The number of aliphatic hydroxyl groups is 1. The van der Waals surface area contributed by atoms with E-state index >= 15 is 0 Å². The third-order valence-electron chi connectivity index (χ3n) is 6.00. The van der Waals surface area contributed by atoms with Crippen molar-refractivity contribution in [3.05, 3.63) is 53.1 Å². The molecule has 0 aliphatic carbocycles. The first-order valence-corrected chi connectivity index (χ1v) is 9.25. The second-order valence-electron chi connectivity index (χ2n) is 7.46. The predicted molar refractivity (Wildman–Crippen MR) is 98.9 cm³/mol. The van der Waals surface area contributed by atoms with Gasteiger partial charge in [0.1, 0.15) is 0 Å². The first-order chi connectivity index (χ1) is 12.6. The van der Waals surface area contributed by atoms with Crippen LogP contribution >= 0.6 is 0 Å². The van der Waals surface area contributed by atoms with Crippen LogP contribution in [0, 0.1) is 5.41 Å². The summed E-state index contributed by atoms with van der Waals surface area (Å²) in [5, 5.41) is 14.9. The molecule has 3 heterocycles. The minimum Gasteiger partial charge on any atom is -0.387 e. The Morgan fingerprint density at radius 2 is 1.96 bits per heavy atom. The molecule has 0 radical (unpaired) electrons. The fourth-order valence-electron chi connectivity index (χ4n) is 4.30. The standard InChI is InChI=1S/C20H25N3O3/c24-18-12-17(16-4-2-1-3-5-16)22-15-23(18)14-20(25)6-9-21-13-19(20)7-10-26-11-8-19/h1-5,12,15,21,25H,6-11,13-14H2. The van der Waals surface area contributed by atoms with Gasteiger partial charge in [0, 0.05) is 36.8 Å². The second kappa shape index (κ2) is 6.95. The molecular formula is C20H25N3O3. The molecule has 1 unspecified atom stereocenters. The van der Waals surface area contributed by atoms with Crippen molar-refractivity contribution in [2.45, 2.75) is 31.4 Å². The summed E-state index contributed by atoms with van der Waals surface area (Å²) in [4.78, 5) is 17.1. The summed E-state index contributed by atoms with van der Waals surface area (Å²) in [5.74, 6) is 0. The average Bonchev–Trinajstić information content (AvgIpc) is 2.68. The quantitative estimate of drug-likeness (QED) is 0.871. The summed E-state index contributed by atoms with van der Waals surface area (Å²) in [7, 11) is 0. The van der Waals surface area contributed by atoms with E-state index in [1.807, 2.05) is 30.3 Å². The van der Waals surface area contributed by atoms with Crippen molar-refractivity contribution in [3.63, 3.8) is 0 Å². The largest absolute Gasteiger partial charge is 0.387 e. The summed E-state index contributed by atoms with van der Waals surface area (Å²) in [6.45, 7) is 3.10. The van der Waals surface area contributed by atoms with Crippen molar-refractivity contribution in [2.24, 2.45) is 5.41 Å². The topological polar surface area (TPSA) is 76.4 Å². The Bertz CT molecular complexity index is 806. The molecule has 2 N–H and O–H groups in total. The molecule has 26 heavy (non-hydrogen) atoms. The zero-order chi connectivity index (χ0) is 18.0. The van der Waals surface area contributed by atoms with E-state index < -0.39 is 5.60 Å². The average molecular weight is 355 g/mol. The summed E-state index contributed by atoms with van der Waals surface area (Å²) >= 11 is 0. The number of piperidine rings is 1. The number of aromatic nitrogens is 2. The van der Waals surface area contributed by atoms with E-state index in [0.29, 0.717) is 25.3 Å². The number of ether oxygens (including phenoxy) is 1. The molecule has 1 aromatic carbocycles. The molecule has 0 bridgehead atoms. The summed E-state index contributed by atoms with van der Waals surface area (Å²) in [5.41, 5.74) is 0.263. The molecule has 1 spiro atoms. The zero-order valence-corrected chi connectivity index (χ0v) is 14.9. The van der Waals surface area contributed by atoms with Crippen LogP contribution < -0.4 is 10.9 Å². The van der Waals surface area contributed by atoms with Gasteiger partial charge in [0.2, 0.25) is 0 Å². The molecule has 2 fully saturated rings. The van der Waals surface area contributed by atoms with Crippen molar-refractivity contribution in [2.75, 3.05) is 26.3 Å². The molecule has 1 aromatic heterocycles. The fraction of sp³-hybridized carbons (Fsp3) is 0.500. The molecule has 4 rings (SSSR count). The third kappa shape index (κ3) is 3.09. The lowest BCUT2D eigenvalue weighted by molar-refractivity contribution is -0.156. The number of rotatable bonds is 3. The lowest BCUT2D eigenvalue weighted by Crippen LogP contribution is -2.63. The molecule has 6 heteroatoms. The number of nitrogens with one attached hydrogen (secondary N) is 1. The van der Waals surface area contributed by atoms with Crippen LogP contribution in [0.1, 0.15) is 19.3 Å². The number of benzene rings is 1. The molecular weight excluding hydrogens is 330 g/mol. The van der Waals surface area contributed by atoms with Crippen LogP contribution in [-0.4, -0.2) is 46.6 Å². The first-order valence-electron chi connectivity index (χ1n) is 9.25. The second-order valence-corrected chi connectivity index (χ2v) is 7.46. The van der Waals surface area contributed by atoms with Gasteiger partial charge in [-0.2, -0.15) is 0 Å². The Morgan fingerprint density at radius 3 is 2.69 bits per heavy atom. The zero-order valence-electron chi connectivity index (χ0n) is 14.9. The normalized spacial score (nSPS) is 25.3. The maximum absolute atomic E-state index is 12.7. The van der Waals surface area contributed by atoms with Gasteiger partial charge in [0.25, 0.3) is 5.56 Å². The Labute approximate surface area is 152 Å². The first kappa shape index (κ1) is 17.4. The van der Waals surface area contributed by atoms with Crippen LogP contribution in [-0.2, 0) is 11.3 Å². The highest BCUT2D eigenvalue weighted by atomic mass is 16.5. The van der Waals surface area contributed by atoms with Crippen LogP contribution in [0.4, 0.5) is 0 Å². The van der Waals surface area contributed by atoms with Crippen LogP contribution in [0.3, 0.4) is 0 Å². The van der Waals surface area contributed by atoms with E-state index in [1.165, 1.54) is 0 Å². The molecule has 2 aliphatic rings. The molecule has 1 atom stereocenters. The maximum Gasteiger partial charge on any atom is 0.253 e. The van der Waals surface area contributed by atoms with E-state index in [-0.39, 0.29) is 17.5 Å². The Kier molecular flexibility index (Phi) is 4.65. The lowest BCUT2D eigenvalue weighted by Gasteiger charge is -2.52. The number of hydrogen-bond acceptors (Lipinski definition) is 5. The summed E-state index contributed by atoms with van der Waals surface area (Å²) in [6.07, 6.45) is 3.80. The molecule has 0 amide bonds. The van der Waals surface area contributed by atoms with Crippen molar-refractivity contribution in [3.8, 4) is 11.3 Å². The third-order valence-corrected chi connectivity index (χ3v) is 6.00.